The fourth-order valence-corrected chi connectivity index (χ4v) is 2.89. The first-order valence-electron chi connectivity index (χ1n) is 6.07. The van der Waals surface area contributed by atoms with Crippen LogP contribution in [0.5, 0.6) is 0 Å². The van der Waals surface area contributed by atoms with Crippen molar-refractivity contribution in [2.75, 3.05) is 12.4 Å². The van der Waals surface area contributed by atoms with Crippen LogP contribution in [0.2, 0.25) is 0 Å². The largest absolute Gasteiger partial charge is 0.467 e. The molecule has 0 amide bonds. The van der Waals surface area contributed by atoms with Gasteiger partial charge in [0.2, 0.25) is 0 Å². The zero-order chi connectivity index (χ0) is 13.8. The van der Waals surface area contributed by atoms with Crippen LogP contribution in [0, 0.1) is 13.8 Å². The van der Waals surface area contributed by atoms with Crippen molar-refractivity contribution in [3.8, 4) is 0 Å². The van der Waals surface area contributed by atoms with Crippen LogP contribution in [0.1, 0.15) is 22.0 Å². The predicted molar refractivity (Wildman–Crippen MR) is 78.6 cm³/mol. The Hall–Kier alpha value is -1.81. The fraction of sp³-hybridized carbons (Fsp3) is 0.267. The number of carbonyl (C=O) groups excluding carboxylic acids is 1. The topological polar surface area (TPSA) is 38.3 Å². The normalized spacial score (nSPS) is 11.9. The molecule has 0 aliphatic rings. The molecule has 0 spiro atoms. The highest BCUT2D eigenvalue weighted by Crippen LogP contribution is 2.28. The van der Waals surface area contributed by atoms with Crippen molar-refractivity contribution in [1.29, 1.82) is 0 Å². The molecule has 1 N–H and O–H groups in total. The van der Waals surface area contributed by atoms with Gasteiger partial charge in [-0.1, -0.05) is 12.1 Å². The number of anilines is 1. The molecule has 0 saturated heterocycles. The predicted octanol–water partition coefficient (Wildman–Crippen LogP) is 3.69. The summed E-state index contributed by atoms with van der Waals surface area (Å²) < 4.78 is 4.90. The average molecular weight is 275 g/mol. The van der Waals surface area contributed by atoms with E-state index in [1.165, 1.54) is 7.11 Å². The summed E-state index contributed by atoms with van der Waals surface area (Å²) in [6, 6.07) is 9.51. The van der Waals surface area contributed by atoms with E-state index in [9.17, 15) is 4.79 Å². The average Bonchev–Trinajstić information content (AvgIpc) is 2.81. The molecular formula is C15H17NO2S. The lowest BCUT2D eigenvalue weighted by Crippen LogP contribution is -2.22. The van der Waals surface area contributed by atoms with E-state index in [2.05, 4.69) is 5.32 Å². The minimum Gasteiger partial charge on any atom is -0.467 e. The van der Waals surface area contributed by atoms with Crippen LogP contribution in [-0.2, 0) is 9.53 Å². The van der Waals surface area contributed by atoms with Crippen molar-refractivity contribution in [2.45, 2.75) is 19.9 Å². The number of nitrogens with one attached hydrogen (secondary N) is 1. The first kappa shape index (κ1) is 13.6. The quantitative estimate of drug-likeness (QED) is 0.865. The Balaban J connectivity index is 2.29. The zero-order valence-electron chi connectivity index (χ0n) is 11.3. The summed E-state index contributed by atoms with van der Waals surface area (Å²) in [6.07, 6.45) is 0. The molecule has 0 saturated carbocycles. The summed E-state index contributed by atoms with van der Waals surface area (Å²) in [4.78, 5) is 13.0. The van der Waals surface area contributed by atoms with Gasteiger partial charge in [-0.25, -0.2) is 4.79 Å². The monoisotopic (exact) mass is 275 g/mol. The minimum atomic E-state index is -0.452. The van der Waals surface area contributed by atoms with Gasteiger partial charge < -0.3 is 10.1 Å². The van der Waals surface area contributed by atoms with Gasteiger partial charge in [0.15, 0.2) is 6.04 Å². The summed E-state index contributed by atoms with van der Waals surface area (Å²) in [7, 11) is 1.41. The number of carbonyl (C=O) groups is 1. The Morgan fingerprint density at radius 1 is 1.32 bits per heavy atom. The molecular weight excluding hydrogens is 258 g/mol. The van der Waals surface area contributed by atoms with Crippen LogP contribution < -0.4 is 5.32 Å². The summed E-state index contributed by atoms with van der Waals surface area (Å²) in [5.41, 5.74) is 3.17. The van der Waals surface area contributed by atoms with E-state index in [1.807, 2.05) is 49.6 Å². The number of esters is 1. The third kappa shape index (κ3) is 3.15. The standard InChI is InChI=1S/C15H17NO2S/c1-10-5-4-6-12(9-10)16-13(15(17)18-3)14-11(2)7-8-19-14/h4-9,13,16H,1-3H3. The van der Waals surface area contributed by atoms with Gasteiger partial charge in [-0.05, 0) is 48.6 Å². The highest BCUT2D eigenvalue weighted by atomic mass is 32.1. The smallest absolute Gasteiger partial charge is 0.333 e. The van der Waals surface area contributed by atoms with E-state index in [0.717, 1.165) is 21.7 Å². The van der Waals surface area contributed by atoms with E-state index in [-0.39, 0.29) is 5.97 Å². The van der Waals surface area contributed by atoms with Crippen LogP contribution in [0.4, 0.5) is 5.69 Å². The van der Waals surface area contributed by atoms with Gasteiger partial charge in [0.1, 0.15) is 0 Å². The van der Waals surface area contributed by atoms with Gasteiger partial charge in [0.05, 0.1) is 7.11 Å². The molecule has 1 atom stereocenters. The SMILES string of the molecule is COC(=O)C(Nc1cccc(C)c1)c1sccc1C. The Morgan fingerprint density at radius 3 is 2.68 bits per heavy atom. The third-order valence-corrected chi connectivity index (χ3v) is 4.01. The number of benzene rings is 1. The Bertz CT molecular complexity index is 577. The van der Waals surface area contributed by atoms with E-state index < -0.39 is 6.04 Å². The Labute approximate surface area is 117 Å². The summed E-state index contributed by atoms with van der Waals surface area (Å²) >= 11 is 1.56. The molecule has 2 aromatic rings. The molecule has 0 aliphatic heterocycles. The first-order valence-corrected chi connectivity index (χ1v) is 6.95. The van der Waals surface area contributed by atoms with Crippen molar-refractivity contribution in [1.82, 2.24) is 0 Å². The fourth-order valence-electron chi connectivity index (χ4n) is 1.93. The number of aryl methyl sites for hydroxylation is 2. The van der Waals surface area contributed by atoms with Crippen molar-refractivity contribution in [2.24, 2.45) is 0 Å². The van der Waals surface area contributed by atoms with E-state index in [4.69, 9.17) is 4.74 Å². The molecule has 1 heterocycles. The number of methoxy groups -OCH3 is 1. The third-order valence-electron chi connectivity index (χ3n) is 2.93. The molecule has 1 aromatic carbocycles. The maximum absolute atomic E-state index is 12.0. The lowest BCUT2D eigenvalue weighted by Gasteiger charge is -2.17. The molecule has 0 fully saturated rings. The van der Waals surface area contributed by atoms with Gasteiger partial charge in [-0.15, -0.1) is 11.3 Å². The van der Waals surface area contributed by atoms with Crippen LogP contribution in [-0.4, -0.2) is 13.1 Å². The van der Waals surface area contributed by atoms with Crippen LogP contribution in [0.15, 0.2) is 35.7 Å². The van der Waals surface area contributed by atoms with Crippen molar-refractivity contribution in [3.05, 3.63) is 51.7 Å². The van der Waals surface area contributed by atoms with Gasteiger partial charge in [0, 0.05) is 10.6 Å². The van der Waals surface area contributed by atoms with Gasteiger partial charge in [-0.2, -0.15) is 0 Å². The molecule has 2 rings (SSSR count). The van der Waals surface area contributed by atoms with Gasteiger partial charge in [0.25, 0.3) is 0 Å². The lowest BCUT2D eigenvalue weighted by atomic mass is 10.1. The summed E-state index contributed by atoms with van der Waals surface area (Å²) in [5, 5.41) is 5.23. The molecule has 0 radical (unpaired) electrons. The first-order chi connectivity index (χ1) is 9.11. The number of ether oxygens (including phenoxy) is 1. The number of rotatable bonds is 4. The molecule has 1 unspecified atom stereocenters. The molecule has 1 aromatic heterocycles. The van der Waals surface area contributed by atoms with Crippen molar-refractivity contribution >= 4 is 23.0 Å². The van der Waals surface area contributed by atoms with Crippen molar-refractivity contribution in [3.63, 3.8) is 0 Å². The minimum absolute atomic E-state index is 0.271. The van der Waals surface area contributed by atoms with E-state index >= 15 is 0 Å². The highest BCUT2D eigenvalue weighted by Gasteiger charge is 2.24. The van der Waals surface area contributed by atoms with E-state index in [1.54, 1.807) is 11.3 Å². The second-order valence-corrected chi connectivity index (χ2v) is 5.39. The van der Waals surface area contributed by atoms with Crippen LogP contribution in [0.25, 0.3) is 0 Å². The maximum Gasteiger partial charge on any atom is 0.333 e. The van der Waals surface area contributed by atoms with Gasteiger partial charge in [-0.3, -0.25) is 0 Å². The number of hydrogen-bond acceptors (Lipinski definition) is 4. The highest BCUT2D eigenvalue weighted by molar-refractivity contribution is 7.10. The molecule has 0 aliphatic carbocycles. The van der Waals surface area contributed by atoms with Gasteiger partial charge >= 0.3 is 5.97 Å². The maximum atomic E-state index is 12.0. The lowest BCUT2D eigenvalue weighted by molar-refractivity contribution is -0.141. The second kappa shape index (κ2) is 5.89. The molecule has 3 nitrogen and oxygen atoms in total. The zero-order valence-corrected chi connectivity index (χ0v) is 12.1. The summed E-state index contributed by atoms with van der Waals surface area (Å²) in [6.45, 7) is 4.02. The summed E-state index contributed by atoms with van der Waals surface area (Å²) in [5.74, 6) is -0.271. The Kier molecular flexibility index (Phi) is 4.22. The van der Waals surface area contributed by atoms with Crippen molar-refractivity contribution < 1.29 is 9.53 Å². The molecule has 4 heteroatoms. The molecule has 0 bridgehead atoms. The van der Waals surface area contributed by atoms with E-state index in [0.29, 0.717) is 0 Å². The molecule has 19 heavy (non-hydrogen) atoms. The molecule has 100 valence electrons. The number of thiophene rings is 1. The van der Waals surface area contributed by atoms with Crippen LogP contribution in [0.3, 0.4) is 0 Å². The van der Waals surface area contributed by atoms with Crippen LogP contribution >= 0.6 is 11.3 Å². The second-order valence-electron chi connectivity index (χ2n) is 4.44. The Morgan fingerprint density at radius 2 is 2.11 bits per heavy atom. The number of hydrogen-bond donors (Lipinski definition) is 1.